The number of rotatable bonds is 7. The van der Waals surface area contributed by atoms with Gasteiger partial charge in [-0.3, -0.25) is 0 Å². The summed E-state index contributed by atoms with van der Waals surface area (Å²) in [5, 5.41) is 4.17. The average Bonchev–Trinajstić information content (AvgIpc) is 2.57. The number of ether oxygens (including phenoxy) is 2. The molecular weight excluding hydrogens is 376 g/mol. The number of nitrogens with one attached hydrogen (secondary N) is 1. The van der Waals surface area contributed by atoms with Crippen LogP contribution >= 0.6 is 11.6 Å². The molecule has 0 bridgehead atoms. The standard InChI is InChI=1S/C18H21ClN2O4S/c1-5-25-17-10-14(9-16(19)18(17)24-4)11-20-21-26(22,23)15-7-6-12(2)13(3)8-15/h6-11,21H,5H2,1-4H3/b20-11+. The molecule has 0 atom stereocenters. The number of nitrogens with zero attached hydrogens (tertiary/aromatic N) is 1. The van der Waals surface area contributed by atoms with E-state index < -0.39 is 10.0 Å². The number of sulfonamides is 1. The Morgan fingerprint density at radius 2 is 1.92 bits per heavy atom. The largest absolute Gasteiger partial charge is 0.491 e. The molecule has 0 aromatic heterocycles. The van der Waals surface area contributed by atoms with Crippen LogP contribution in [0.2, 0.25) is 5.02 Å². The van der Waals surface area contributed by atoms with E-state index in [0.717, 1.165) is 11.1 Å². The van der Waals surface area contributed by atoms with Gasteiger partial charge in [0.1, 0.15) is 0 Å². The first-order valence-electron chi connectivity index (χ1n) is 7.91. The fourth-order valence-electron chi connectivity index (χ4n) is 2.23. The number of methoxy groups -OCH3 is 1. The van der Waals surface area contributed by atoms with Gasteiger partial charge in [-0.15, -0.1) is 0 Å². The van der Waals surface area contributed by atoms with Gasteiger partial charge >= 0.3 is 0 Å². The van der Waals surface area contributed by atoms with E-state index in [9.17, 15) is 8.42 Å². The number of aryl methyl sites for hydroxylation is 2. The van der Waals surface area contributed by atoms with Crippen LogP contribution in [0.4, 0.5) is 0 Å². The van der Waals surface area contributed by atoms with Gasteiger partial charge in [0.25, 0.3) is 10.0 Å². The van der Waals surface area contributed by atoms with Gasteiger partial charge in [0.05, 0.1) is 29.8 Å². The molecule has 0 heterocycles. The lowest BCUT2D eigenvalue weighted by Gasteiger charge is -2.11. The Hall–Kier alpha value is -2.25. The maximum atomic E-state index is 12.3. The Balaban J connectivity index is 2.23. The average molecular weight is 397 g/mol. The smallest absolute Gasteiger partial charge is 0.276 e. The number of benzene rings is 2. The Morgan fingerprint density at radius 1 is 1.19 bits per heavy atom. The summed E-state index contributed by atoms with van der Waals surface area (Å²) in [5.41, 5.74) is 2.48. The van der Waals surface area contributed by atoms with Crippen LogP contribution < -0.4 is 14.3 Å². The third-order valence-electron chi connectivity index (χ3n) is 3.71. The van der Waals surface area contributed by atoms with Crippen molar-refractivity contribution in [1.82, 2.24) is 4.83 Å². The van der Waals surface area contributed by atoms with Crippen molar-refractivity contribution in [3.8, 4) is 11.5 Å². The van der Waals surface area contributed by atoms with Crippen molar-refractivity contribution in [1.29, 1.82) is 0 Å². The molecule has 140 valence electrons. The van der Waals surface area contributed by atoms with Crippen LogP contribution in [0.5, 0.6) is 11.5 Å². The molecule has 0 aliphatic carbocycles. The highest BCUT2D eigenvalue weighted by molar-refractivity contribution is 7.89. The summed E-state index contributed by atoms with van der Waals surface area (Å²) in [4.78, 5) is 2.35. The number of hydrogen-bond acceptors (Lipinski definition) is 5. The highest BCUT2D eigenvalue weighted by atomic mass is 35.5. The molecule has 0 spiro atoms. The fourth-order valence-corrected chi connectivity index (χ4v) is 3.40. The predicted octanol–water partition coefficient (Wildman–Crippen LogP) is 3.68. The summed E-state index contributed by atoms with van der Waals surface area (Å²) in [6.07, 6.45) is 1.35. The molecule has 0 saturated heterocycles. The molecule has 0 fully saturated rings. The van der Waals surface area contributed by atoms with E-state index in [4.69, 9.17) is 21.1 Å². The Morgan fingerprint density at radius 3 is 2.54 bits per heavy atom. The van der Waals surface area contributed by atoms with Crippen molar-refractivity contribution < 1.29 is 17.9 Å². The molecule has 0 saturated carbocycles. The lowest BCUT2D eigenvalue weighted by atomic mass is 10.1. The van der Waals surface area contributed by atoms with Gasteiger partial charge in [-0.1, -0.05) is 17.7 Å². The van der Waals surface area contributed by atoms with Gasteiger partial charge in [-0.05, 0) is 61.7 Å². The molecule has 2 aromatic carbocycles. The summed E-state index contributed by atoms with van der Waals surface area (Å²) in [6, 6.07) is 8.17. The first-order valence-corrected chi connectivity index (χ1v) is 9.77. The number of hydrogen-bond donors (Lipinski definition) is 1. The van der Waals surface area contributed by atoms with Crippen LogP contribution in [0, 0.1) is 13.8 Å². The lowest BCUT2D eigenvalue weighted by molar-refractivity contribution is 0.311. The molecule has 0 amide bonds. The molecule has 0 aliphatic rings. The second-order valence-electron chi connectivity index (χ2n) is 5.57. The molecule has 2 aromatic rings. The third kappa shape index (κ3) is 4.68. The van der Waals surface area contributed by atoms with Crippen LogP contribution in [-0.2, 0) is 10.0 Å². The minimum Gasteiger partial charge on any atom is -0.491 e. The highest BCUT2D eigenvalue weighted by Gasteiger charge is 2.14. The quantitative estimate of drug-likeness (QED) is 0.572. The van der Waals surface area contributed by atoms with Crippen molar-refractivity contribution in [3.63, 3.8) is 0 Å². The van der Waals surface area contributed by atoms with Gasteiger partial charge < -0.3 is 9.47 Å². The van der Waals surface area contributed by atoms with E-state index in [1.165, 1.54) is 19.4 Å². The number of halogens is 1. The first kappa shape index (κ1) is 20.1. The summed E-state index contributed by atoms with van der Waals surface area (Å²) < 4.78 is 35.3. The van der Waals surface area contributed by atoms with Crippen molar-refractivity contribution in [2.24, 2.45) is 5.10 Å². The highest BCUT2D eigenvalue weighted by Crippen LogP contribution is 2.35. The van der Waals surface area contributed by atoms with E-state index in [1.807, 2.05) is 20.8 Å². The topological polar surface area (TPSA) is 77.0 Å². The van der Waals surface area contributed by atoms with Crippen LogP contribution in [-0.4, -0.2) is 28.3 Å². The summed E-state index contributed by atoms with van der Waals surface area (Å²) in [5.74, 6) is 0.877. The van der Waals surface area contributed by atoms with Crippen LogP contribution in [0.15, 0.2) is 40.3 Å². The Bertz CT molecular complexity index is 927. The van der Waals surface area contributed by atoms with Crippen LogP contribution in [0.1, 0.15) is 23.6 Å². The molecule has 0 unspecified atom stereocenters. The summed E-state index contributed by atoms with van der Waals surface area (Å²) >= 11 is 6.16. The predicted molar refractivity (Wildman–Crippen MR) is 103 cm³/mol. The van der Waals surface area contributed by atoms with E-state index in [2.05, 4.69) is 9.93 Å². The van der Waals surface area contributed by atoms with Gasteiger partial charge in [-0.25, -0.2) is 4.83 Å². The fraction of sp³-hybridized carbons (Fsp3) is 0.278. The lowest BCUT2D eigenvalue weighted by Crippen LogP contribution is -2.18. The molecule has 0 aliphatic heterocycles. The molecule has 2 rings (SSSR count). The van der Waals surface area contributed by atoms with Gasteiger partial charge in [0.15, 0.2) is 11.5 Å². The molecule has 0 radical (unpaired) electrons. The van der Waals surface area contributed by atoms with E-state index >= 15 is 0 Å². The van der Waals surface area contributed by atoms with Crippen LogP contribution in [0.25, 0.3) is 0 Å². The second kappa shape index (κ2) is 8.42. The van der Waals surface area contributed by atoms with Crippen LogP contribution in [0.3, 0.4) is 0 Å². The summed E-state index contributed by atoms with van der Waals surface area (Å²) in [7, 11) is -2.25. The Kier molecular flexibility index (Phi) is 6.50. The minimum absolute atomic E-state index is 0.153. The molecule has 26 heavy (non-hydrogen) atoms. The minimum atomic E-state index is -3.75. The van der Waals surface area contributed by atoms with E-state index in [-0.39, 0.29) is 4.90 Å². The first-order chi connectivity index (χ1) is 12.3. The van der Waals surface area contributed by atoms with Crippen molar-refractivity contribution in [2.75, 3.05) is 13.7 Å². The van der Waals surface area contributed by atoms with Gasteiger partial charge in [-0.2, -0.15) is 13.5 Å². The third-order valence-corrected chi connectivity index (χ3v) is 5.21. The van der Waals surface area contributed by atoms with E-state index in [0.29, 0.717) is 28.7 Å². The molecule has 6 nitrogen and oxygen atoms in total. The normalized spacial score (nSPS) is 11.6. The molecular formula is C18H21ClN2O4S. The summed E-state index contributed by atoms with van der Waals surface area (Å²) in [6.45, 7) is 6.05. The maximum absolute atomic E-state index is 12.3. The maximum Gasteiger partial charge on any atom is 0.276 e. The second-order valence-corrected chi connectivity index (χ2v) is 7.63. The van der Waals surface area contributed by atoms with Crippen molar-refractivity contribution in [3.05, 3.63) is 52.0 Å². The molecule has 8 heteroatoms. The van der Waals surface area contributed by atoms with Gasteiger partial charge in [0.2, 0.25) is 0 Å². The molecule has 1 N–H and O–H groups in total. The number of hydrazone groups is 1. The van der Waals surface area contributed by atoms with E-state index in [1.54, 1.807) is 24.3 Å². The zero-order valence-electron chi connectivity index (χ0n) is 15.0. The zero-order chi connectivity index (χ0) is 19.3. The van der Waals surface area contributed by atoms with Crippen molar-refractivity contribution in [2.45, 2.75) is 25.7 Å². The monoisotopic (exact) mass is 396 g/mol. The van der Waals surface area contributed by atoms with Crippen molar-refractivity contribution >= 4 is 27.8 Å². The SMILES string of the molecule is CCOc1cc(/C=N/NS(=O)(=O)c2ccc(C)c(C)c2)cc(Cl)c1OC. The zero-order valence-corrected chi connectivity index (χ0v) is 16.6. The van der Waals surface area contributed by atoms with Gasteiger partial charge in [0, 0.05) is 0 Å². The Labute approximate surface area is 158 Å².